The Morgan fingerprint density at radius 2 is 1.69 bits per heavy atom. The van der Waals surface area contributed by atoms with Gasteiger partial charge < -0.3 is 14.2 Å². The van der Waals surface area contributed by atoms with E-state index in [1.165, 1.54) is 12.1 Å². The molecule has 1 aliphatic heterocycles. The summed E-state index contributed by atoms with van der Waals surface area (Å²) in [6.45, 7) is 5.40. The lowest BCUT2D eigenvalue weighted by molar-refractivity contribution is 0.251. The maximum absolute atomic E-state index is 5.51. The van der Waals surface area contributed by atoms with Crippen LogP contribution in [0.4, 0.5) is 5.69 Å². The van der Waals surface area contributed by atoms with Crippen LogP contribution in [-0.4, -0.2) is 49.9 Å². The first-order chi connectivity index (χ1) is 15.3. The van der Waals surface area contributed by atoms with Gasteiger partial charge >= 0.3 is 0 Å². The Morgan fingerprint density at radius 3 is 2.47 bits per heavy atom. The molecular weight excluding hydrogens is 422 g/mol. The van der Waals surface area contributed by atoms with Crippen molar-refractivity contribution < 1.29 is 9.26 Å². The number of rotatable bonds is 9. The van der Waals surface area contributed by atoms with E-state index in [1.54, 1.807) is 7.11 Å². The van der Waals surface area contributed by atoms with E-state index in [0.717, 1.165) is 68.3 Å². The Balaban J connectivity index is 0.00000289. The smallest absolute Gasteiger partial charge is 0.142 e. The molecule has 1 aliphatic rings. The van der Waals surface area contributed by atoms with Crippen molar-refractivity contribution in [1.29, 1.82) is 0 Å². The molecule has 5 nitrogen and oxygen atoms in total. The molecule has 0 saturated carbocycles. The zero-order chi connectivity index (χ0) is 21.3. The first-order valence-electron chi connectivity index (χ1n) is 11.1. The van der Waals surface area contributed by atoms with Crippen LogP contribution in [0, 0.1) is 0 Å². The standard InChI is InChI=1S/C26H31N3O2.ClH/c1-30-26-13-6-5-12-25(26)29-19-17-28(18-20-29)16-8-7-11-24-21-23(27-31-24)15-14-22-9-3-2-4-10-22;/h2-6,9-10,12-15,21H,7-8,11,16-20H2,1H3;1H/b15-14+;. The fourth-order valence-electron chi connectivity index (χ4n) is 4.01. The summed E-state index contributed by atoms with van der Waals surface area (Å²) in [4.78, 5) is 4.98. The summed E-state index contributed by atoms with van der Waals surface area (Å²) in [5.41, 5.74) is 3.25. The van der Waals surface area contributed by atoms with Crippen LogP contribution < -0.4 is 9.64 Å². The van der Waals surface area contributed by atoms with Crippen molar-refractivity contribution in [2.24, 2.45) is 0 Å². The molecule has 1 aromatic heterocycles. The third-order valence-corrected chi connectivity index (χ3v) is 5.77. The number of methoxy groups -OCH3 is 1. The molecule has 0 radical (unpaired) electrons. The third kappa shape index (κ3) is 6.62. The number of halogens is 1. The minimum Gasteiger partial charge on any atom is -0.495 e. The molecule has 0 aliphatic carbocycles. The van der Waals surface area contributed by atoms with Gasteiger partial charge in [0.2, 0.25) is 0 Å². The molecule has 32 heavy (non-hydrogen) atoms. The summed E-state index contributed by atoms with van der Waals surface area (Å²) in [5.74, 6) is 1.93. The van der Waals surface area contributed by atoms with E-state index in [4.69, 9.17) is 9.26 Å². The number of hydrogen-bond donors (Lipinski definition) is 0. The number of aryl methyl sites for hydroxylation is 1. The van der Waals surface area contributed by atoms with Gasteiger partial charge in [0.25, 0.3) is 0 Å². The number of benzene rings is 2. The number of anilines is 1. The Kier molecular flexibility index (Phi) is 9.20. The Bertz CT molecular complexity index is 966. The largest absolute Gasteiger partial charge is 0.495 e. The molecule has 2 heterocycles. The summed E-state index contributed by atoms with van der Waals surface area (Å²) in [7, 11) is 1.74. The topological polar surface area (TPSA) is 41.7 Å². The number of nitrogens with zero attached hydrogens (tertiary/aromatic N) is 3. The van der Waals surface area contributed by atoms with Gasteiger partial charge in [0.15, 0.2) is 0 Å². The van der Waals surface area contributed by atoms with Crippen LogP contribution in [-0.2, 0) is 6.42 Å². The van der Waals surface area contributed by atoms with Crippen molar-refractivity contribution in [1.82, 2.24) is 10.1 Å². The molecule has 0 bridgehead atoms. The van der Waals surface area contributed by atoms with Crippen LogP contribution in [0.25, 0.3) is 12.2 Å². The molecule has 0 atom stereocenters. The van der Waals surface area contributed by atoms with Crippen LogP contribution >= 0.6 is 12.4 Å². The molecular formula is C26H32ClN3O2. The van der Waals surface area contributed by atoms with Crippen molar-refractivity contribution >= 4 is 30.2 Å². The predicted octanol–water partition coefficient (Wildman–Crippen LogP) is 5.42. The minimum absolute atomic E-state index is 0. The van der Waals surface area contributed by atoms with Gasteiger partial charge in [-0.2, -0.15) is 0 Å². The number of hydrogen-bond acceptors (Lipinski definition) is 5. The van der Waals surface area contributed by atoms with Crippen molar-refractivity contribution in [3.05, 3.63) is 77.7 Å². The summed E-state index contributed by atoms with van der Waals surface area (Å²) in [6.07, 6.45) is 7.29. The maximum Gasteiger partial charge on any atom is 0.142 e. The third-order valence-electron chi connectivity index (χ3n) is 5.77. The molecule has 2 aromatic carbocycles. The van der Waals surface area contributed by atoms with Crippen LogP contribution in [0.2, 0.25) is 0 Å². The first kappa shape index (κ1) is 23.9. The molecule has 0 spiro atoms. The quantitative estimate of drug-likeness (QED) is 0.404. The van der Waals surface area contributed by atoms with E-state index in [2.05, 4.69) is 45.3 Å². The van der Waals surface area contributed by atoms with Gasteiger partial charge in [0.05, 0.1) is 12.8 Å². The summed E-state index contributed by atoms with van der Waals surface area (Å²) in [6, 6.07) is 20.6. The Hall–Kier alpha value is -2.76. The van der Waals surface area contributed by atoms with Gasteiger partial charge in [-0.1, -0.05) is 53.7 Å². The van der Waals surface area contributed by atoms with Crippen LogP contribution in [0.5, 0.6) is 5.75 Å². The van der Waals surface area contributed by atoms with Gasteiger partial charge in [0, 0.05) is 38.7 Å². The number of aromatic nitrogens is 1. The molecule has 0 amide bonds. The number of ether oxygens (including phenoxy) is 1. The van der Waals surface area contributed by atoms with Crippen molar-refractivity contribution in [3.63, 3.8) is 0 Å². The fourth-order valence-corrected chi connectivity index (χ4v) is 4.01. The van der Waals surface area contributed by atoms with Gasteiger partial charge in [-0.15, -0.1) is 12.4 Å². The van der Waals surface area contributed by atoms with E-state index >= 15 is 0 Å². The van der Waals surface area contributed by atoms with E-state index in [-0.39, 0.29) is 12.4 Å². The second-order valence-corrected chi connectivity index (χ2v) is 7.92. The zero-order valence-electron chi connectivity index (χ0n) is 18.7. The average Bonchev–Trinajstić information content (AvgIpc) is 3.29. The molecule has 170 valence electrons. The lowest BCUT2D eigenvalue weighted by Gasteiger charge is -2.36. The van der Waals surface area contributed by atoms with Crippen molar-refractivity contribution in [2.75, 3.05) is 44.7 Å². The Labute approximate surface area is 197 Å². The van der Waals surface area contributed by atoms with Crippen molar-refractivity contribution in [2.45, 2.75) is 19.3 Å². The Morgan fingerprint density at radius 1 is 0.938 bits per heavy atom. The maximum atomic E-state index is 5.51. The van der Waals surface area contributed by atoms with Crippen molar-refractivity contribution in [3.8, 4) is 5.75 Å². The van der Waals surface area contributed by atoms with Gasteiger partial charge in [-0.05, 0) is 43.2 Å². The molecule has 6 heteroatoms. The highest BCUT2D eigenvalue weighted by Crippen LogP contribution is 2.28. The summed E-state index contributed by atoms with van der Waals surface area (Å²) < 4.78 is 11.0. The number of unbranched alkanes of at least 4 members (excludes halogenated alkanes) is 1. The molecule has 0 unspecified atom stereocenters. The predicted molar refractivity (Wildman–Crippen MR) is 134 cm³/mol. The second-order valence-electron chi connectivity index (χ2n) is 7.92. The summed E-state index contributed by atoms with van der Waals surface area (Å²) >= 11 is 0. The van der Waals surface area contributed by atoms with E-state index < -0.39 is 0 Å². The minimum atomic E-state index is 0. The van der Waals surface area contributed by atoms with Crippen LogP contribution in [0.3, 0.4) is 0 Å². The van der Waals surface area contributed by atoms with Gasteiger partial charge in [-0.25, -0.2) is 0 Å². The van der Waals surface area contributed by atoms with Gasteiger partial charge in [-0.3, -0.25) is 4.90 Å². The lowest BCUT2D eigenvalue weighted by Crippen LogP contribution is -2.46. The molecule has 3 aromatic rings. The molecule has 1 saturated heterocycles. The highest BCUT2D eigenvalue weighted by molar-refractivity contribution is 5.85. The molecule has 0 N–H and O–H groups in total. The second kappa shape index (κ2) is 12.3. The fraction of sp³-hybridized carbons (Fsp3) is 0.346. The average molecular weight is 454 g/mol. The van der Waals surface area contributed by atoms with Crippen LogP contribution in [0.1, 0.15) is 29.9 Å². The molecule has 1 fully saturated rings. The summed E-state index contributed by atoms with van der Waals surface area (Å²) in [5, 5.41) is 4.16. The highest BCUT2D eigenvalue weighted by atomic mass is 35.5. The highest BCUT2D eigenvalue weighted by Gasteiger charge is 2.19. The SMILES string of the molecule is COc1ccccc1N1CCN(CCCCc2cc(/C=C/c3ccccc3)no2)CC1.Cl. The van der Waals surface area contributed by atoms with E-state index in [1.807, 2.05) is 42.5 Å². The zero-order valence-corrected chi connectivity index (χ0v) is 19.5. The molecule has 4 rings (SSSR count). The number of para-hydroxylation sites is 2. The lowest BCUT2D eigenvalue weighted by atomic mass is 10.1. The van der Waals surface area contributed by atoms with E-state index in [0.29, 0.717) is 0 Å². The monoisotopic (exact) mass is 453 g/mol. The van der Waals surface area contributed by atoms with Gasteiger partial charge in [0.1, 0.15) is 17.2 Å². The van der Waals surface area contributed by atoms with E-state index in [9.17, 15) is 0 Å². The first-order valence-corrected chi connectivity index (χ1v) is 11.1. The normalized spacial score (nSPS) is 14.5. The van der Waals surface area contributed by atoms with Crippen LogP contribution in [0.15, 0.2) is 65.2 Å². The number of piperazine rings is 1.